The van der Waals surface area contributed by atoms with Gasteiger partial charge in [0.25, 0.3) is 5.91 Å². The number of likely N-dealkylation sites (N-methyl/N-ethyl adjacent to an activating group) is 1. The van der Waals surface area contributed by atoms with Crippen LogP contribution in [0, 0.1) is 5.82 Å². The van der Waals surface area contributed by atoms with E-state index in [1.165, 1.54) is 49.0 Å². The maximum Gasteiger partial charge on any atom is 0.418 e. The molecule has 35 heavy (non-hydrogen) atoms. The van der Waals surface area contributed by atoms with Gasteiger partial charge in [-0.1, -0.05) is 6.07 Å². The topological polar surface area (TPSA) is 109 Å². The normalized spacial score (nSPS) is 14.1. The van der Waals surface area contributed by atoms with Gasteiger partial charge in [-0.15, -0.1) is 0 Å². The van der Waals surface area contributed by atoms with E-state index in [0.717, 1.165) is 18.2 Å². The summed E-state index contributed by atoms with van der Waals surface area (Å²) < 4.78 is 58.8. The number of aromatic nitrogens is 3. The minimum Gasteiger partial charge on any atom is -0.407 e. The molecule has 2 heterocycles. The van der Waals surface area contributed by atoms with E-state index >= 15 is 0 Å². The smallest absolute Gasteiger partial charge is 0.407 e. The molecule has 1 saturated carbocycles. The van der Waals surface area contributed by atoms with Gasteiger partial charge in [-0.2, -0.15) is 13.2 Å². The monoisotopic (exact) mass is 490 g/mol. The summed E-state index contributed by atoms with van der Waals surface area (Å²) in [4.78, 5) is 37.9. The number of alkyl halides is 3. The lowest BCUT2D eigenvalue weighted by atomic mass is 10.1. The molecule has 2 amide bonds. The average Bonchev–Trinajstić information content (AvgIpc) is 3.60. The summed E-state index contributed by atoms with van der Waals surface area (Å²) in [5.74, 6) is -1.26. The Morgan fingerprint density at radius 2 is 1.80 bits per heavy atom. The van der Waals surface area contributed by atoms with E-state index in [2.05, 4.69) is 25.6 Å². The minimum atomic E-state index is -4.76. The van der Waals surface area contributed by atoms with Gasteiger partial charge in [0.1, 0.15) is 23.5 Å². The Labute approximate surface area is 196 Å². The lowest BCUT2D eigenvalue weighted by molar-refractivity contribution is -0.137. The highest BCUT2D eigenvalue weighted by atomic mass is 19.4. The van der Waals surface area contributed by atoms with Gasteiger partial charge in [0.15, 0.2) is 5.75 Å². The van der Waals surface area contributed by atoms with E-state index in [1.54, 1.807) is 0 Å². The molecule has 182 valence electrons. The molecule has 0 atom stereocenters. The predicted octanol–water partition coefficient (Wildman–Crippen LogP) is 4.06. The Hall–Kier alpha value is -4.29. The van der Waals surface area contributed by atoms with Crippen molar-refractivity contribution in [1.82, 2.24) is 20.3 Å². The van der Waals surface area contributed by atoms with Crippen LogP contribution >= 0.6 is 0 Å². The molecule has 2 N–H and O–H groups in total. The molecule has 3 aromatic rings. The molecule has 1 aromatic carbocycles. The van der Waals surface area contributed by atoms with E-state index in [1.807, 2.05) is 0 Å². The minimum absolute atomic E-state index is 0.0816. The summed E-state index contributed by atoms with van der Waals surface area (Å²) in [6.07, 6.45) is 0.166. The Bertz CT molecular complexity index is 1230. The maximum absolute atomic E-state index is 14.1. The van der Waals surface area contributed by atoms with Crippen molar-refractivity contribution >= 4 is 29.2 Å². The fraction of sp³-hybridized carbons (Fsp3) is 0.227. The van der Waals surface area contributed by atoms with Crippen LogP contribution in [-0.4, -0.2) is 39.5 Å². The average molecular weight is 490 g/mol. The molecule has 0 spiro atoms. The molecule has 0 aliphatic heterocycles. The highest BCUT2D eigenvalue weighted by Crippen LogP contribution is 2.39. The number of anilines is 3. The van der Waals surface area contributed by atoms with Crippen LogP contribution in [0.25, 0.3) is 0 Å². The number of hydrogen-bond donors (Lipinski definition) is 2. The first-order chi connectivity index (χ1) is 16.6. The van der Waals surface area contributed by atoms with E-state index in [-0.39, 0.29) is 17.3 Å². The number of benzene rings is 1. The van der Waals surface area contributed by atoms with Gasteiger partial charge in [-0.25, -0.2) is 24.1 Å². The van der Waals surface area contributed by atoms with Crippen molar-refractivity contribution in [3.05, 3.63) is 66.6 Å². The van der Waals surface area contributed by atoms with Crippen molar-refractivity contribution in [3.8, 4) is 5.75 Å². The van der Waals surface area contributed by atoms with Gasteiger partial charge in [-0.3, -0.25) is 9.69 Å². The van der Waals surface area contributed by atoms with Gasteiger partial charge in [0, 0.05) is 7.05 Å². The van der Waals surface area contributed by atoms with Crippen LogP contribution < -0.4 is 20.3 Å². The molecular formula is C22H18F4N6O3. The number of nitrogens with one attached hydrogen (secondary N) is 2. The molecule has 13 heteroatoms. The van der Waals surface area contributed by atoms with Crippen LogP contribution in [0.5, 0.6) is 5.75 Å². The molecule has 2 aromatic heterocycles. The largest absolute Gasteiger partial charge is 0.418 e. The highest BCUT2D eigenvalue weighted by Gasteiger charge is 2.53. The number of amides is 2. The molecule has 0 bridgehead atoms. The summed E-state index contributed by atoms with van der Waals surface area (Å²) in [6, 6.07) is 5.37. The second-order valence-electron chi connectivity index (χ2n) is 7.73. The number of nitrogens with zero attached hydrogens (tertiary/aromatic N) is 4. The third-order valence-corrected chi connectivity index (χ3v) is 5.23. The number of carbonyl (C=O) groups is 2. The second-order valence-corrected chi connectivity index (χ2v) is 7.73. The number of halogens is 4. The predicted molar refractivity (Wildman–Crippen MR) is 115 cm³/mol. The lowest BCUT2D eigenvalue weighted by Crippen LogP contribution is -2.50. The Morgan fingerprint density at radius 3 is 2.40 bits per heavy atom. The van der Waals surface area contributed by atoms with Crippen LogP contribution in [-0.2, 0) is 11.0 Å². The molecule has 9 nitrogen and oxygen atoms in total. The van der Waals surface area contributed by atoms with Crippen molar-refractivity contribution in [2.75, 3.05) is 17.3 Å². The summed E-state index contributed by atoms with van der Waals surface area (Å²) in [6.45, 7) is 0. The second kappa shape index (κ2) is 9.16. The van der Waals surface area contributed by atoms with Crippen molar-refractivity contribution in [2.24, 2.45) is 0 Å². The molecule has 1 aliphatic rings. The van der Waals surface area contributed by atoms with Gasteiger partial charge in [0.2, 0.25) is 0 Å². The molecule has 0 radical (unpaired) electrons. The van der Waals surface area contributed by atoms with Gasteiger partial charge < -0.3 is 15.4 Å². The zero-order valence-electron chi connectivity index (χ0n) is 18.1. The fourth-order valence-corrected chi connectivity index (χ4v) is 3.30. The van der Waals surface area contributed by atoms with Crippen LogP contribution in [0.3, 0.4) is 0 Å². The van der Waals surface area contributed by atoms with Crippen molar-refractivity contribution in [1.29, 1.82) is 0 Å². The van der Waals surface area contributed by atoms with Crippen molar-refractivity contribution in [2.45, 2.75) is 24.6 Å². The maximum atomic E-state index is 14.1. The number of pyridine rings is 1. The van der Waals surface area contributed by atoms with E-state index in [9.17, 15) is 27.2 Å². The number of rotatable bonds is 6. The van der Waals surface area contributed by atoms with Gasteiger partial charge >= 0.3 is 12.3 Å². The standard InChI is InChI=1S/C22H18F4N6O3/c1-32(19(33)21(7-8-21)31-20(34)35-14-10-27-12-28-11-14)17-6-5-13(9-29-17)30-18-15(22(24,25)26)3-2-4-16(18)23/h2-6,9-12,30H,7-8H2,1H3,(H,31,34). The first kappa shape index (κ1) is 23.9. The number of ether oxygens (including phenoxy) is 1. The van der Waals surface area contributed by atoms with Crippen LogP contribution in [0.4, 0.5) is 39.5 Å². The summed E-state index contributed by atoms with van der Waals surface area (Å²) in [7, 11) is 1.44. The quantitative estimate of drug-likeness (QED) is 0.502. The first-order valence-electron chi connectivity index (χ1n) is 10.2. The fourth-order valence-electron chi connectivity index (χ4n) is 3.30. The molecule has 0 unspecified atom stereocenters. The Kier molecular flexibility index (Phi) is 6.24. The van der Waals surface area contributed by atoms with E-state index in [0.29, 0.717) is 12.8 Å². The molecule has 1 fully saturated rings. The molecular weight excluding hydrogens is 472 g/mol. The van der Waals surface area contributed by atoms with E-state index in [4.69, 9.17) is 4.74 Å². The summed E-state index contributed by atoms with van der Waals surface area (Å²) in [5.41, 5.74) is -2.99. The van der Waals surface area contributed by atoms with Crippen LogP contribution in [0.2, 0.25) is 0 Å². The zero-order chi connectivity index (χ0) is 25.2. The molecule has 4 rings (SSSR count). The van der Waals surface area contributed by atoms with Gasteiger partial charge in [0.05, 0.1) is 35.5 Å². The van der Waals surface area contributed by atoms with Crippen LogP contribution in [0.15, 0.2) is 55.2 Å². The van der Waals surface area contributed by atoms with Crippen molar-refractivity contribution < 1.29 is 31.9 Å². The highest BCUT2D eigenvalue weighted by molar-refractivity contribution is 6.03. The lowest BCUT2D eigenvalue weighted by Gasteiger charge is -2.23. The first-order valence-corrected chi connectivity index (χ1v) is 10.2. The van der Waals surface area contributed by atoms with E-state index < -0.39 is 40.8 Å². The third kappa shape index (κ3) is 5.28. The number of carbonyl (C=O) groups excluding carboxylic acids is 2. The number of para-hydroxylation sites is 1. The number of hydrogen-bond acceptors (Lipinski definition) is 7. The van der Waals surface area contributed by atoms with Crippen molar-refractivity contribution in [3.63, 3.8) is 0 Å². The summed E-state index contributed by atoms with van der Waals surface area (Å²) >= 11 is 0. The zero-order valence-corrected chi connectivity index (χ0v) is 18.1. The summed E-state index contributed by atoms with van der Waals surface area (Å²) in [5, 5.41) is 4.93. The molecule has 0 saturated heterocycles. The van der Waals surface area contributed by atoms with Crippen LogP contribution in [0.1, 0.15) is 18.4 Å². The SMILES string of the molecule is CN(C(=O)C1(NC(=O)Oc2cncnc2)CC1)c1ccc(Nc2c(F)cccc2C(F)(F)F)cn1. The molecule has 1 aliphatic carbocycles. The Morgan fingerprint density at radius 1 is 1.09 bits per heavy atom. The Balaban J connectivity index is 1.43. The third-order valence-electron chi connectivity index (χ3n) is 5.23. The van der Waals surface area contributed by atoms with Gasteiger partial charge in [-0.05, 0) is 37.1 Å².